The van der Waals surface area contributed by atoms with Crippen molar-refractivity contribution in [1.29, 1.82) is 0 Å². The van der Waals surface area contributed by atoms with E-state index in [0.717, 1.165) is 27.8 Å². The Morgan fingerprint density at radius 2 is 1.86 bits per heavy atom. The first-order chi connectivity index (χ1) is 9.91. The summed E-state index contributed by atoms with van der Waals surface area (Å²) in [5.74, 6) is 0. The standard InChI is InChI=1S/C18H21NOSi/c1-6-12(2)17-18-14(11-16(20-18)21(3,4)5)13-9-7-8-10-15(13)19-17/h6-11H,1-5H3/b12-6+. The first kappa shape index (κ1) is 14.1. The van der Waals surface area contributed by atoms with Gasteiger partial charge in [-0.15, -0.1) is 0 Å². The van der Waals surface area contributed by atoms with Crippen LogP contribution in [0, 0.1) is 0 Å². The highest BCUT2D eigenvalue weighted by Crippen LogP contribution is 2.30. The van der Waals surface area contributed by atoms with Crippen LogP contribution in [0.25, 0.3) is 27.4 Å². The average Bonchev–Trinajstić information content (AvgIpc) is 2.91. The zero-order valence-electron chi connectivity index (χ0n) is 13.3. The Morgan fingerprint density at radius 1 is 1.14 bits per heavy atom. The number of pyridine rings is 1. The number of benzene rings is 1. The molecule has 0 amide bonds. The molecule has 0 atom stereocenters. The van der Waals surface area contributed by atoms with Gasteiger partial charge in [0.25, 0.3) is 0 Å². The van der Waals surface area contributed by atoms with Crippen molar-refractivity contribution in [3.8, 4) is 0 Å². The summed E-state index contributed by atoms with van der Waals surface area (Å²) in [6, 6.07) is 10.5. The van der Waals surface area contributed by atoms with Gasteiger partial charge in [0.15, 0.2) is 5.58 Å². The fraction of sp³-hybridized carbons (Fsp3) is 0.278. The highest BCUT2D eigenvalue weighted by molar-refractivity contribution is 6.88. The van der Waals surface area contributed by atoms with E-state index in [1.807, 2.05) is 13.0 Å². The molecule has 3 heteroatoms. The van der Waals surface area contributed by atoms with E-state index < -0.39 is 8.07 Å². The molecule has 0 spiro atoms. The van der Waals surface area contributed by atoms with E-state index in [1.165, 1.54) is 10.8 Å². The van der Waals surface area contributed by atoms with E-state index in [2.05, 4.69) is 56.9 Å². The molecule has 21 heavy (non-hydrogen) atoms. The van der Waals surface area contributed by atoms with Crippen LogP contribution in [0.4, 0.5) is 0 Å². The van der Waals surface area contributed by atoms with Crippen molar-refractivity contribution in [3.63, 3.8) is 0 Å². The number of allylic oxidation sites excluding steroid dienone is 2. The number of nitrogens with zero attached hydrogens (tertiary/aromatic N) is 1. The van der Waals surface area contributed by atoms with E-state index in [9.17, 15) is 0 Å². The van der Waals surface area contributed by atoms with Gasteiger partial charge in [0.2, 0.25) is 0 Å². The van der Waals surface area contributed by atoms with Gasteiger partial charge in [-0.25, -0.2) is 4.98 Å². The van der Waals surface area contributed by atoms with Gasteiger partial charge in [-0.05, 0) is 31.6 Å². The summed E-state index contributed by atoms with van der Waals surface area (Å²) in [5, 5.41) is 3.50. The van der Waals surface area contributed by atoms with Crippen molar-refractivity contribution in [2.24, 2.45) is 0 Å². The molecule has 0 fully saturated rings. The number of rotatable bonds is 2. The lowest BCUT2D eigenvalue weighted by atomic mass is 10.1. The topological polar surface area (TPSA) is 26.0 Å². The van der Waals surface area contributed by atoms with Gasteiger partial charge in [0.05, 0.1) is 10.9 Å². The molecule has 0 saturated carbocycles. The SMILES string of the molecule is C/C=C(\C)c1nc2ccccc2c2cc([Si](C)(C)C)oc12. The Labute approximate surface area is 126 Å². The monoisotopic (exact) mass is 295 g/mol. The van der Waals surface area contributed by atoms with Gasteiger partial charge >= 0.3 is 0 Å². The lowest BCUT2D eigenvalue weighted by Gasteiger charge is -2.10. The zero-order valence-corrected chi connectivity index (χ0v) is 14.3. The Morgan fingerprint density at radius 3 is 2.52 bits per heavy atom. The van der Waals surface area contributed by atoms with Crippen LogP contribution in [-0.4, -0.2) is 13.1 Å². The Bertz CT molecular complexity index is 853. The van der Waals surface area contributed by atoms with E-state index in [1.54, 1.807) is 0 Å². The number of hydrogen-bond acceptors (Lipinski definition) is 2. The minimum absolute atomic E-state index is 0.932. The lowest BCUT2D eigenvalue weighted by molar-refractivity contribution is 0.645. The van der Waals surface area contributed by atoms with Crippen molar-refractivity contribution in [3.05, 3.63) is 42.1 Å². The quantitative estimate of drug-likeness (QED) is 0.625. The van der Waals surface area contributed by atoms with Crippen molar-refractivity contribution in [1.82, 2.24) is 4.98 Å². The second-order valence-corrected chi connectivity index (χ2v) is 11.5. The molecule has 108 valence electrons. The molecule has 0 bridgehead atoms. The van der Waals surface area contributed by atoms with Crippen molar-refractivity contribution < 1.29 is 4.42 Å². The Balaban J connectivity index is 2.47. The van der Waals surface area contributed by atoms with Gasteiger partial charge in [0, 0.05) is 10.8 Å². The van der Waals surface area contributed by atoms with Crippen LogP contribution in [0.1, 0.15) is 19.5 Å². The fourth-order valence-corrected chi connectivity index (χ4v) is 3.50. The smallest absolute Gasteiger partial charge is 0.160 e. The van der Waals surface area contributed by atoms with E-state index >= 15 is 0 Å². The Hall–Kier alpha value is -1.87. The van der Waals surface area contributed by atoms with Gasteiger partial charge in [-0.1, -0.05) is 43.9 Å². The molecule has 2 aromatic heterocycles. The van der Waals surface area contributed by atoms with Crippen LogP contribution in [-0.2, 0) is 0 Å². The van der Waals surface area contributed by atoms with Crippen LogP contribution < -0.4 is 5.38 Å². The molecular weight excluding hydrogens is 274 g/mol. The molecule has 0 N–H and O–H groups in total. The molecule has 0 saturated heterocycles. The van der Waals surface area contributed by atoms with Gasteiger partial charge in [-0.3, -0.25) is 0 Å². The molecule has 1 aromatic carbocycles. The van der Waals surface area contributed by atoms with Crippen LogP contribution >= 0.6 is 0 Å². The maximum atomic E-state index is 6.25. The second kappa shape index (κ2) is 4.85. The summed E-state index contributed by atoms with van der Waals surface area (Å²) in [6.07, 6.45) is 2.09. The normalized spacial score (nSPS) is 13.3. The van der Waals surface area contributed by atoms with Gasteiger partial charge in [0.1, 0.15) is 13.8 Å². The minimum atomic E-state index is -1.49. The van der Waals surface area contributed by atoms with Crippen molar-refractivity contribution in [2.75, 3.05) is 0 Å². The lowest BCUT2D eigenvalue weighted by Crippen LogP contribution is -2.36. The number of hydrogen-bond donors (Lipinski definition) is 0. The first-order valence-corrected chi connectivity index (χ1v) is 10.9. The number of aromatic nitrogens is 1. The Kier molecular flexibility index (Phi) is 3.25. The third-order valence-corrected chi connectivity index (χ3v) is 5.64. The molecule has 0 aliphatic rings. The summed E-state index contributed by atoms with van der Waals surface area (Å²) in [4.78, 5) is 4.82. The molecule has 2 nitrogen and oxygen atoms in total. The molecule has 2 heterocycles. The first-order valence-electron chi connectivity index (χ1n) is 7.38. The van der Waals surface area contributed by atoms with Crippen LogP contribution in [0.5, 0.6) is 0 Å². The van der Waals surface area contributed by atoms with Crippen LogP contribution in [0.15, 0.2) is 40.8 Å². The summed E-state index contributed by atoms with van der Waals surface area (Å²) in [6.45, 7) is 11.1. The number of para-hydroxylation sites is 1. The zero-order chi connectivity index (χ0) is 15.2. The maximum absolute atomic E-state index is 6.25. The average molecular weight is 295 g/mol. The highest BCUT2D eigenvalue weighted by atomic mass is 28.3. The van der Waals surface area contributed by atoms with Gasteiger partial charge < -0.3 is 4.42 Å². The van der Waals surface area contributed by atoms with Crippen molar-refractivity contribution in [2.45, 2.75) is 33.5 Å². The van der Waals surface area contributed by atoms with Crippen LogP contribution in [0.3, 0.4) is 0 Å². The molecular formula is C18H21NOSi. The predicted octanol–water partition coefficient (Wildman–Crippen LogP) is 4.95. The second-order valence-electron chi connectivity index (χ2n) is 6.55. The fourth-order valence-electron chi connectivity index (χ4n) is 2.51. The summed E-state index contributed by atoms with van der Waals surface area (Å²) < 4.78 is 6.25. The third-order valence-electron chi connectivity index (χ3n) is 3.92. The number of fused-ring (bicyclic) bond motifs is 3. The summed E-state index contributed by atoms with van der Waals surface area (Å²) in [5.41, 5.74) is 4.09. The van der Waals surface area contributed by atoms with Gasteiger partial charge in [-0.2, -0.15) is 0 Å². The number of furan rings is 1. The van der Waals surface area contributed by atoms with Crippen molar-refractivity contribution >= 4 is 40.9 Å². The summed E-state index contributed by atoms with van der Waals surface area (Å²) in [7, 11) is -1.49. The summed E-state index contributed by atoms with van der Waals surface area (Å²) >= 11 is 0. The predicted molar refractivity (Wildman–Crippen MR) is 93.8 cm³/mol. The van der Waals surface area contributed by atoms with E-state index in [-0.39, 0.29) is 0 Å². The largest absolute Gasteiger partial charge is 0.464 e. The molecule has 0 aliphatic heterocycles. The highest BCUT2D eigenvalue weighted by Gasteiger charge is 2.24. The van der Waals surface area contributed by atoms with E-state index in [0.29, 0.717) is 0 Å². The van der Waals surface area contributed by atoms with E-state index in [4.69, 9.17) is 9.40 Å². The molecule has 0 aliphatic carbocycles. The molecule has 3 rings (SSSR count). The minimum Gasteiger partial charge on any atom is -0.464 e. The van der Waals surface area contributed by atoms with Crippen LogP contribution in [0.2, 0.25) is 19.6 Å². The maximum Gasteiger partial charge on any atom is 0.160 e. The third kappa shape index (κ3) is 2.32. The molecule has 0 radical (unpaired) electrons. The molecule has 0 unspecified atom stereocenters. The molecule has 3 aromatic rings.